The van der Waals surface area contributed by atoms with Gasteiger partial charge in [0.25, 0.3) is 5.56 Å². The summed E-state index contributed by atoms with van der Waals surface area (Å²) in [5.74, 6) is 0.805. The van der Waals surface area contributed by atoms with Crippen molar-refractivity contribution in [3.8, 4) is 17.1 Å². The van der Waals surface area contributed by atoms with E-state index in [1.54, 1.807) is 18.2 Å². The molecule has 1 saturated heterocycles. The molecule has 8 nitrogen and oxygen atoms in total. The number of aryl methyl sites for hydroxylation is 1. The molecule has 0 spiro atoms. The zero-order valence-corrected chi connectivity index (χ0v) is 23.4. The summed E-state index contributed by atoms with van der Waals surface area (Å²) >= 11 is 3.39. The van der Waals surface area contributed by atoms with E-state index in [0.717, 1.165) is 12.8 Å². The first-order valence-electron chi connectivity index (χ1n) is 12.5. The third-order valence-electron chi connectivity index (χ3n) is 6.30. The van der Waals surface area contributed by atoms with Crippen molar-refractivity contribution < 1.29 is 13.2 Å². The van der Waals surface area contributed by atoms with Crippen molar-refractivity contribution in [2.75, 3.05) is 39.8 Å². The molecule has 0 unspecified atom stereocenters. The summed E-state index contributed by atoms with van der Waals surface area (Å²) in [5, 5.41) is 0. The van der Waals surface area contributed by atoms with E-state index in [0.29, 0.717) is 66.5 Å². The predicted octanol–water partition coefficient (Wildman–Crippen LogP) is 4.44. The topological polar surface area (TPSA) is 95.6 Å². The minimum absolute atomic E-state index is 0.170. The van der Waals surface area contributed by atoms with E-state index < -0.39 is 10.0 Å². The molecule has 1 aliphatic heterocycles. The van der Waals surface area contributed by atoms with Crippen LogP contribution < -0.4 is 10.3 Å². The average molecular weight is 570 g/mol. The number of aromatic nitrogens is 2. The van der Waals surface area contributed by atoms with Crippen molar-refractivity contribution in [2.24, 2.45) is 0 Å². The van der Waals surface area contributed by atoms with Crippen LogP contribution in [0.1, 0.15) is 58.1 Å². The van der Waals surface area contributed by atoms with Gasteiger partial charge in [0.05, 0.1) is 22.8 Å². The Morgan fingerprint density at radius 2 is 1.74 bits per heavy atom. The molecule has 1 fully saturated rings. The summed E-state index contributed by atoms with van der Waals surface area (Å²) < 4.78 is 34.4. The summed E-state index contributed by atoms with van der Waals surface area (Å²) in [4.78, 5) is 22.5. The van der Waals surface area contributed by atoms with E-state index in [1.807, 2.05) is 14.0 Å². The summed E-state index contributed by atoms with van der Waals surface area (Å²) in [6, 6.07) is 4.78. The lowest BCUT2D eigenvalue weighted by molar-refractivity contribution is 0.222. The number of hydrogen-bond donors (Lipinski definition) is 1. The highest BCUT2D eigenvalue weighted by Gasteiger charge is 2.28. The monoisotopic (exact) mass is 568 g/mol. The summed E-state index contributed by atoms with van der Waals surface area (Å²) in [6.45, 7) is 6.72. The number of halogens is 1. The molecule has 194 valence electrons. The molecule has 0 amide bonds. The second-order valence-corrected chi connectivity index (χ2v) is 11.7. The van der Waals surface area contributed by atoms with Crippen LogP contribution in [-0.2, 0) is 16.4 Å². The molecular formula is C25H37BrN4O4S. The molecule has 0 atom stereocenters. The Hall–Kier alpha value is -1.75. The molecule has 10 heteroatoms. The van der Waals surface area contributed by atoms with Gasteiger partial charge in [-0.25, -0.2) is 13.4 Å². The number of nitrogens with zero attached hydrogens (tertiary/aromatic N) is 3. The maximum atomic E-state index is 13.4. The maximum absolute atomic E-state index is 13.4. The lowest BCUT2D eigenvalue weighted by Gasteiger charge is -2.31. The Labute approximate surface area is 217 Å². The highest BCUT2D eigenvalue weighted by Crippen LogP contribution is 2.32. The highest BCUT2D eigenvalue weighted by atomic mass is 79.9. The Morgan fingerprint density at radius 3 is 2.43 bits per heavy atom. The molecule has 0 radical (unpaired) electrons. The molecule has 0 aliphatic carbocycles. The Bertz CT molecular complexity index is 1140. The van der Waals surface area contributed by atoms with Crippen molar-refractivity contribution in [3.63, 3.8) is 0 Å². The quantitative estimate of drug-likeness (QED) is 0.380. The van der Waals surface area contributed by atoms with E-state index in [4.69, 9.17) is 9.72 Å². The van der Waals surface area contributed by atoms with Crippen molar-refractivity contribution in [1.82, 2.24) is 19.2 Å². The third-order valence-corrected chi connectivity index (χ3v) is 9.02. The number of likely N-dealkylation sites (N-methyl/N-ethyl adjacent to an activating group) is 1. The zero-order chi connectivity index (χ0) is 25.4. The highest BCUT2D eigenvalue weighted by molar-refractivity contribution is 9.10. The van der Waals surface area contributed by atoms with E-state index in [9.17, 15) is 13.2 Å². The van der Waals surface area contributed by atoms with Gasteiger partial charge < -0.3 is 14.6 Å². The number of nitrogens with one attached hydrogen (secondary N) is 1. The number of unbranched alkanes of at least 4 members (excludes halogenated alkanes) is 5. The standard InChI is InChI=1S/C25H37BrN4O4S/c1-4-6-7-8-9-10-11-21-23(26)25(31)28-24(27-21)20-18-19(12-13-22(20)34-5-2)35(32,33)30-16-14-29(3)15-17-30/h12-13,18H,4-11,14-17H2,1-3H3,(H,27,28,31). The van der Waals surface area contributed by atoms with Crippen molar-refractivity contribution in [3.05, 3.63) is 38.7 Å². The lowest BCUT2D eigenvalue weighted by Crippen LogP contribution is -2.47. The molecule has 3 rings (SSSR count). The van der Waals surface area contributed by atoms with Crippen LogP contribution >= 0.6 is 15.9 Å². The van der Waals surface area contributed by atoms with E-state index >= 15 is 0 Å². The first-order chi connectivity index (χ1) is 16.8. The van der Waals surface area contributed by atoms with Gasteiger partial charge in [0.2, 0.25) is 10.0 Å². The molecule has 0 bridgehead atoms. The average Bonchev–Trinajstić information content (AvgIpc) is 2.84. The largest absolute Gasteiger partial charge is 0.493 e. The van der Waals surface area contributed by atoms with Gasteiger partial charge in [-0.1, -0.05) is 39.0 Å². The van der Waals surface area contributed by atoms with Gasteiger partial charge in [-0.2, -0.15) is 4.31 Å². The van der Waals surface area contributed by atoms with Gasteiger partial charge in [-0.3, -0.25) is 4.79 Å². The van der Waals surface area contributed by atoms with E-state index in [1.165, 1.54) is 30.0 Å². The van der Waals surface area contributed by atoms with Crippen LogP contribution in [0.4, 0.5) is 0 Å². The van der Waals surface area contributed by atoms with Crippen molar-refractivity contribution in [1.29, 1.82) is 0 Å². The number of benzene rings is 1. The first-order valence-corrected chi connectivity index (χ1v) is 14.8. The number of H-pyrrole nitrogens is 1. The fraction of sp³-hybridized carbons (Fsp3) is 0.600. The number of hydrogen-bond acceptors (Lipinski definition) is 6. The molecule has 1 aromatic carbocycles. The summed E-state index contributed by atoms with van der Waals surface area (Å²) in [5.41, 5.74) is 0.857. The number of ether oxygens (including phenoxy) is 1. The van der Waals surface area contributed by atoms with Crippen LogP contribution in [0.2, 0.25) is 0 Å². The molecule has 1 aromatic heterocycles. The van der Waals surface area contributed by atoms with Gasteiger partial charge in [0.1, 0.15) is 16.0 Å². The van der Waals surface area contributed by atoms with Crippen molar-refractivity contribution >= 4 is 26.0 Å². The molecule has 1 N–H and O–H groups in total. The first kappa shape index (κ1) is 27.8. The molecule has 0 saturated carbocycles. The van der Waals surface area contributed by atoms with Gasteiger partial charge in [0, 0.05) is 26.2 Å². The SMILES string of the molecule is CCCCCCCCc1nc(-c2cc(S(=O)(=O)N3CCN(C)CC3)ccc2OCC)[nH]c(=O)c1Br. The second-order valence-electron chi connectivity index (χ2n) is 8.99. The molecule has 2 aromatic rings. The van der Waals surface area contributed by atoms with Crippen LogP contribution in [0.15, 0.2) is 32.4 Å². The predicted molar refractivity (Wildman–Crippen MR) is 142 cm³/mol. The van der Waals surface area contributed by atoms with Crippen LogP contribution in [0.5, 0.6) is 5.75 Å². The molecule has 35 heavy (non-hydrogen) atoms. The van der Waals surface area contributed by atoms with Gasteiger partial charge in [0.15, 0.2) is 0 Å². The van der Waals surface area contributed by atoms with Gasteiger partial charge in [-0.05, 0) is 60.9 Å². The summed E-state index contributed by atoms with van der Waals surface area (Å²) in [7, 11) is -1.70. The van der Waals surface area contributed by atoms with Crippen LogP contribution in [0, 0.1) is 0 Å². The molecule has 1 aliphatic rings. The van der Waals surface area contributed by atoms with Gasteiger partial charge >= 0.3 is 0 Å². The minimum Gasteiger partial charge on any atom is -0.493 e. The zero-order valence-electron chi connectivity index (χ0n) is 21.0. The van der Waals surface area contributed by atoms with Gasteiger partial charge in [-0.15, -0.1) is 0 Å². The minimum atomic E-state index is -3.68. The third kappa shape index (κ3) is 7.15. The Kier molecular flexibility index (Phi) is 10.3. The Morgan fingerprint density at radius 1 is 1.06 bits per heavy atom. The number of rotatable bonds is 12. The maximum Gasteiger partial charge on any atom is 0.265 e. The van der Waals surface area contributed by atoms with Crippen LogP contribution in [-0.4, -0.2) is 67.4 Å². The van der Waals surface area contributed by atoms with Crippen LogP contribution in [0.25, 0.3) is 11.4 Å². The molecular weight excluding hydrogens is 532 g/mol. The fourth-order valence-corrected chi connectivity index (χ4v) is 6.02. The smallest absolute Gasteiger partial charge is 0.265 e. The summed E-state index contributed by atoms with van der Waals surface area (Å²) in [6.07, 6.45) is 7.53. The molecule has 2 heterocycles. The van der Waals surface area contributed by atoms with E-state index in [2.05, 4.69) is 32.7 Å². The lowest BCUT2D eigenvalue weighted by atomic mass is 10.1. The normalized spacial score (nSPS) is 15.4. The number of piperazine rings is 1. The second kappa shape index (κ2) is 13.0. The van der Waals surface area contributed by atoms with Crippen LogP contribution in [0.3, 0.4) is 0 Å². The number of sulfonamides is 1. The fourth-order valence-electron chi connectivity index (χ4n) is 4.18. The number of aromatic amines is 1. The van der Waals surface area contributed by atoms with E-state index in [-0.39, 0.29) is 10.5 Å². The Balaban J connectivity index is 1.92. The van der Waals surface area contributed by atoms with Crippen molar-refractivity contribution in [2.45, 2.75) is 63.7 Å².